The molecule has 0 aromatic rings. The molecule has 0 aliphatic rings. The van der Waals surface area contributed by atoms with Gasteiger partial charge >= 0.3 is 11.9 Å². The van der Waals surface area contributed by atoms with Crippen LogP contribution in [0.1, 0.15) is 41.5 Å². The number of carbonyl (C=O) groups excluding carboxylic acids is 2. The third kappa shape index (κ3) is 10.4. The molecule has 140 valence electrons. The Kier molecular flexibility index (Phi) is 12.2. The van der Waals surface area contributed by atoms with E-state index in [1.54, 1.807) is 0 Å². The van der Waals surface area contributed by atoms with E-state index in [9.17, 15) is 9.59 Å². The van der Waals surface area contributed by atoms with Gasteiger partial charge in [0, 0.05) is 37.3 Å². The molecular weight excluding hydrogens is 308 g/mol. The van der Waals surface area contributed by atoms with Crippen molar-refractivity contribution in [3.8, 4) is 0 Å². The van der Waals surface area contributed by atoms with Gasteiger partial charge in [-0.05, 0) is 40.8 Å². The second-order valence-corrected chi connectivity index (χ2v) is 6.11. The average Bonchev–Trinajstić information content (AvgIpc) is 2.52. The van der Waals surface area contributed by atoms with Gasteiger partial charge in [-0.25, -0.2) is 9.59 Å². The van der Waals surface area contributed by atoms with Crippen LogP contribution < -0.4 is 0 Å². The summed E-state index contributed by atoms with van der Waals surface area (Å²) in [5, 5.41) is 0. The quantitative estimate of drug-likeness (QED) is 0.400. The summed E-state index contributed by atoms with van der Waals surface area (Å²) in [6, 6.07) is 0.820. The molecule has 0 spiro atoms. The molecule has 0 aliphatic carbocycles. The number of hydrogen-bond acceptors (Lipinski definition) is 6. The van der Waals surface area contributed by atoms with Crippen LogP contribution in [-0.4, -0.2) is 73.2 Å². The van der Waals surface area contributed by atoms with Gasteiger partial charge in [0.1, 0.15) is 13.2 Å². The molecule has 0 aromatic carbocycles. The number of nitrogens with zero attached hydrogens (tertiary/aromatic N) is 2. The first-order chi connectivity index (χ1) is 11.3. The normalized spacial score (nSPS) is 11.9. The number of rotatable bonds is 12. The van der Waals surface area contributed by atoms with Gasteiger partial charge in [-0.15, -0.1) is 0 Å². The van der Waals surface area contributed by atoms with E-state index >= 15 is 0 Å². The lowest BCUT2D eigenvalue weighted by molar-refractivity contribution is -0.141. The van der Waals surface area contributed by atoms with Crippen molar-refractivity contribution in [2.75, 3.05) is 39.4 Å². The van der Waals surface area contributed by atoms with Crippen LogP contribution in [0.3, 0.4) is 0 Å². The van der Waals surface area contributed by atoms with Crippen molar-refractivity contribution >= 4 is 11.9 Å². The number of carbonyl (C=O) groups is 2. The summed E-state index contributed by atoms with van der Waals surface area (Å²) < 4.78 is 10.2. The standard InChI is InChI=1S/C18H34N2O4/c1-7-19(15(3)4)11-13-23-17(21)9-10-18(22)24-14-12-20(8-2)16(5)6/h9-10,15-16H,7-8,11-14H2,1-6H3/b10-9-. The summed E-state index contributed by atoms with van der Waals surface area (Å²) in [5.74, 6) is -1.05. The predicted molar refractivity (Wildman–Crippen MR) is 95.8 cm³/mol. The maximum atomic E-state index is 11.6. The molecule has 0 bridgehead atoms. The number of likely N-dealkylation sites (N-methyl/N-ethyl adjacent to an activating group) is 2. The van der Waals surface area contributed by atoms with E-state index in [0.29, 0.717) is 38.4 Å². The topological polar surface area (TPSA) is 59.1 Å². The maximum absolute atomic E-state index is 11.6. The Bertz CT molecular complexity index is 358. The van der Waals surface area contributed by atoms with Gasteiger partial charge in [0.05, 0.1) is 0 Å². The van der Waals surface area contributed by atoms with Gasteiger partial charge in [-0.2, -0.15) is 0 Å². The van der Waals surface area contributed by atoms with E-state index in [4.69, 9.17) is 9.47 Å². The van der Waals surface area contributed by atoms with Crippen LogP contribution in [0.25, 0.3) is 0 Å². The molecule has 0 radical (unpaired) electrons. The van der Waals surface area contributed by atoms with Crippen LogP contribution in [0, 0.1) is 0 Å². The highest BCUT2D eigenvalue weighted by Crippen LogP contribution is 1.98. The van der Waals surface area contributed by atoms with Crippen molar-refractivity contribution in [1.29, 1.82) is 0 Å². The van der Waals surface area contributed by atoms with Crippen LogP contribution in [-0.2, 0) is 19.1 Å². The van der Waals surface area contributed by atoms with Gasteiger partial charge in [-0.3, -0.25) is 9.80 Å². The van der Waals surface area contributed by atoms with E-state index in [1.165, 1.54) is 0 Å². The molecule has 0 N–H and O–H groups in total. The first kappa shape index (κ1) is 22.6. The minimum atomic E-state index is -0.524. The fourth-order valence-corrected chi connectivity index (χ4v) is 2.32. The molecule has 0 aliphatic heterocycles. The highest BCUT2D eigenvalue weighted by Gasteiger charge is 2.09. The SMILES string of the molecule is CCN(CCOC(=O)/C=C\C(=O)OCCN(CC)C(C)C)C(C)C. The van der Waals surface area contributed by atoms with Gasteiger partial charge < -0.3 is 9.47 Å². The fourth-order valence-electron chi connectivity index (χ4n) is 2.32. The molecule has 0 rings (SSSR count). The van der Waals surface area contributed by atoms with Crippen molar-refractivity contribution < 1.29 is 19.1 Å². The highest BCUT2D eigenvalue weighted by atomic mass is 16.5. The monoisotopic (exact) mass is 342 g/mol. The van der Waals surface area contributed by atoms with Gasteiger partial charge in [-0.1, -0.05) is 13.8 Å². The van der Waals surface area contributed by atoms with Crippen molar-refractivity contribution in [3.05, 3.63) is 12.2 Å². The Balaban J connectivity index is 3.98. The van der Waals surface area contributed by atoms with Crippen LogP contribution in [0.5, 0.6) is 0 Å². The largest absolute Gasteiger partial charge is 0.461 e. The molecule has 24 heavy (non-hydrogen) atoms. The van der Waals surface area contributed by atoms with Crippen molar-refractivity contribution in [2.45, 2.75) is 53.6 Å². The first-order valence-electron chi connectivity index (χ1n) is 8.81. The van der Waals surface area contributed by atoms with Crippen LogP contribution in [0.2, 0.25) is 0 Å². The lowest BCUT2D eigenvalue weighted by atomic mass is 10.3. The second kappa shape index (κ2) is 13.0. The zero-order chi connectivity index (χ0) is 18.5. The van der Waals surface area contributed by atoms with E-state index in [1.807, 2.05) is 0 Å². The molecule has 0 heterocycles. The smallest absolute Gasteiger partial charge is 0.331 e. The summed E-state index contributed by atoms with van der Waals surface area (Å²) >= 11 is 0. The fraction of sp³-hybridized carbons (Fsp3) is 0.778. The number of esters is 2. The van der Waals surface area contributed by atoms with Gasteiger partial charge in [0.2, 0.25) is 0 Å². The molecule has 0 amide bonds. The van der Waals surface area contributed by atoms with Crippen LogP contribution >= 0.6 is 0 Å². The summed E-state index contributed by atoms with van der Waals surface area (Å²) in [5.41, 5.74) is 0. The zero-order valence-corrected chi connectivity index (χ0v) is 16.1. The number of hydrogen-bond donors (Lipinski definition) is 0. The molecule has 0 saturated heterocycles. The third-order valence-corrected chi connectivity index (χ3v) is 3.87. The maximum Gasteiger partial charge on any atom is 0.331 e. The zero-order valence-electron chi connectivity index (χ0n) is 16.1. The molecule has 6 nitrogen and oxygen atoms in total. The summed E-state index contributed by atoms with van der Waals surface area (Å²) in [6.45, 7) is 16.3. The third-order valence-electron chi connectivity index (χ3n) is 3.87. The molecule has 0 unspecified atom stereocenters. The minimum absolute atomic E-state index is 0.310. The van der Waals surface area contributed by atoms with E-state index in [-0.39, 0.29) is 0 Å². The molecular formula is C18H34N2O4. The van der Waals surface area contributed by atoms with Crippen molar-refractivity contribution in [2.24, 2.45) is 0 Å². The van der Waals surface area contributed by atoms with E-state index in [0.717, 1.165) is 25.2 Å². The Hall–Kier alpha value is -1.40. The predicted octanol–water partition coefficient (Wildman–Crippen LogP) is 2.09. The Morgan fingerprint density at radius 3 is 1.38 bits per heavy atom. The summed E-state index contributed by atoms with van der Waals surface area (Å²) in [6.07, 6.45) is 2.24. The lowest BCUT2D eigenvalue weighted by Gasteiger charge is -2.24. The Labute approximate surface area is 146 Å². The van der Waals surface area contributed by atoms with Crippen LogP contribution in [0.15, 0.2) is 12.2 Å². The summed E-state index contributed by atoms with van der Waals surface area (Å²) in [4.78, 5) is 27.5. The Morgan fingerprint density at radius 1 is 0.792 bits per heavy atom. The highest BCUT2D eigenvalue weighted by molar-refractivity contribution is 5.91. The van der Waals surface area contributed by atoms with Gasteiger partial charge in [0.15, 0.2) is 0 Å². The van der Waals surface area contributed by atoms with Gasteiger partial charge in [0.25, 0.3) is 0 Å². The second-order valence-electron chi connectivity index (χ2n) is 6.11. The average molecular weight is 342 g/mol. The Morgan fingerprint density at radius 2 is 1.12 bits per heavy atom. The van der Waals surface area contributed by atoms with Crippen molar-refractivity contribution in [1.82, 2.24) is 9.80 Å². The molecule has 0 atom stereocenters. The lowest BCUT2D eigenvalue weighted by Crippen LogP contribution is -2.34. The van der Waals surface area contributed by atoms with Crippen molar-refractivity contribution in [3.63, 3.8) is 0 Å². The van der Waals surface area contributed by atoms with E-state index in [2.05, 4.69) is 51.3 Å². The molecule has 6 heteroatoms. The molecule has 0 aromatic heterocycles. The molecule has 0 saturated carbocycles. The summed E-state index contributed by atoms with van der Waals surface area (Å²) in [7, 11) is 0. The number of ether oxygens (including phenoxy) is 2. The van der Waals surface area contributed by atoms with Crippen LogP contribution in [0.4, 0.5) is 0 Å². The first-order valence-corrected chi connectivity index (χ1v) is 8.81. The van der Waals surface area contributed by atoms with E-state index < -0.39 is 11.9 Å². The molecule has 0 fully saturated rings. The minimum Gasteiger partial charge on any atom is -0.461 e.